The van der Waals surface area contributed by atoms with Crippen molar-refractivity contribution in [3.05, 3.63) is 33.9 Å². The van der Waals surface area contributed by atoms with E-state index in [2.05, 4.69) is 5.32 Å². The fraction of sp³-hybridized carbons (Fsp3) is 0.538. The van der Waals surface area contributed by atoms with Crippen molar-refractivity contribution in [2.45, 2.75) is 26.3 Å². The number of non-ortho nitro benzene ring substituents is 1. The number of nitro groups is 1. The van der Waals surface area contributed by atoms with Crippen molar-refractivity contribution >= 4 is 11.4 Å². The molecule has 0 unspecified atom stereocenters. The second-order valence-corrected chi connectivity index (χ2v) is 4.61. The van der Waals surface area contributed by atoms with E-state index in [1.165, 1.54) is 17.0 Å². The van der Waals surface area contributed by atoms with Gasteiger partial charge in [-0.05, 0) is 25.1 Å². The first-order valence-electron chi connectivity index (χ1n) is 6.42. The number of anilines is 1. The third-order valence-corrected chi connectivity index (χ3v) is 2.76. The van der Waals surface area contributed by atoms with Gasteiger partial charge in [0.2, 0.25) is 0 Å². The lowest BCUT2D eigenvalue weighted by Gasteiger charge is -2.18. The van der Waals surface area contributed by atoms with Gasteiger partial charge in [-0.15, -0.1) is 0 Å². The molecule has 0 aromatic heterocycles. The van der Waals surface area contributed by atoms with Gasteiger partial charge in [0.1, 0.15) is 0 Å². The van der Waals surface area contributed by atoms with Crippen LogP contribution < -0.4 is 5.32 Å². The molecule has 112 valence electrons. The number of nitrogens with one attached hydrogen (secondary N) is 1. The van der Waals surface area contributed by atoms with Crippen LogP contribution in [0, 0.1) is 10.1 Å². The van der Waals surface area contributed by atoms with Crippen molar-refractivity contribution in [1.29, 1.82) is 0 Å². The zero-order chi connectivity index (χ0) is 15.1. The van der Waals surface area contributed by atoms with Gasteiger partial charge in [0.05, 0.1) is 11.5 Å². The van der Waals surface area contributed by atoms with Crippen molar-refractivity contribution in [2.75, 3.05) is 25.5 Å². The van der Waals surface area contributed by atoms with Crippen LogP contribution in [0.5, 0.6) is 0 Å². The van der Waals surface area contributed by atoms with Crippen molar-refractivity contribution in [3.63, 3.8) is 0 Å². The van der Waals surface area contributed by atoms with Crippen LogP contribution in [0.2, 0.25) is 0 Å². The first-order valence-corrected chi connectivity index (χ1v) is 6.42. The SMILES string of the molecule is CCCNc1ccc([N+](=O)[O-])cc1CN(C)CC(F)F. The molecule has 0 saturated carbocycles. The largest absolute Gasteiger partial charge is 0.385 e. The molecule has 20 heavy (non-hydrogen) atoms. The summed E-state index contributed by atoms with van der Waals surface area (Å²) in [6.45, 7) is 2.60. The molecular weight excluding hydrogens is 268 g/mol. The van der Waals surface area contributed by atoms with E-state index in [1.807, 2.05) is 6.92 Å². The van der Waals surface area contributed by atoms with E-state index in [4.69, 9.17) is 0 Å². The molecule has 0 radical (unpaired) electrons. The van der Waals surface area contributed by atoms with Gasteiger partial charge >= 0.3 is 0 Å². The Balaban J connectivity index is 2.92. The molecule has 0 atom stereocenters. The molecule has 0 aliphatic carbocycles. The van der Waals surface area contributed by atoms with Gasteiger partial charge in [0.25, 0.3) is 12.1 Å². The van der Waals surface area contributed by atoms with Gasteiger partial charge < -0.3 is 5.32 Å². The molecule has 0 spiro atoms. The molecular formula is C13H19F2N3O2. The van der Waals surface area contributed by atoms with E-state index >= 15 is 0 Å². The van der Waals surface area contributed by atoms with Gasteiger partial charge in [-0.25, -0.2) is 8.78 Å². The van der Waals surface area contributed by atoms with Crippen molar-refractivity contribution < 1.29 is 13.7 Å². The highest BCUT2D eigenvalue weighted by molar-refractivity contribution is 5.56. The molecule has 1 N–H and O–H groups in total. The van der Waals surface area contributed by atoms with Gasteiger partial charge in [0, 0.05) is 30.9 Å². The number of benzene rings is 1. The van der Waals surface area contributed by atoms with Crippen molar-refractivity contribution in [3.8, 4) is 0 Å². The van der Waals surface area contributed by atoms with Crippen LogP contribution in [0.3, 0.4) is 0 Å². The Morgan fingerprint density at radius 1 is 1.45 bits per heavy atom. The summed E-state index contributed by atoms with van der Waals surface area (Å²) in [6.07, 6.45) is -1.52. The fourth-order valence-electron chi connectivity index (χ4n) is 1.85. The number of nitro benzene ring substituents is 1. The van der Waals surface area contributed by atoms with Gasteiger partial charge in [0.15, 0.2) is 0 Å². The average Bonchev–Trinajstić information content (AvgIpc) is 2.35. The van der Waals surface area contributed by atoms with Crippen molar-refractivity contribution in [1.82, 2.24) is 4.90 Å². The minimum Gasteiger partial charge on any atom is -0.385 e. The van der Waals surface area contributed by atoms with Crippen LogP contribution in [0.25, 0.3) is 0 Å². The summed E-state index contributed by atoms with van der Waals surface area (Å²) >= 11 is 0. The highest BCUT2D eigenvalue weighted by atomic mass is 19.3. The minimum atomic E-state index is -2.43. The Morgan fingerprint density at radius 2 is 2.15 bits per heavy atom. The summed E-state index contributed by atoms with van der Waals surface area (Å²) < 4.78 is 24.7. The number of halogens is 2. The molecule has 1 aromatic rings. The predicted octanol–water partition coefficient (Wildman–Crippen LogP) is 3.11. The number of alkyl halides is 2. The van der Waals surface area contributed by atoms with E-state index in [1.54, 1.807) is 13.1 Å². The maximum Gasteiger partial charge on any atom is 0.269 e. The molecule has 0 amide bonds. The molecule has 0 aliphatic heterocycles. The number of nitrogens with zero attached hydrogens (tertiary/aromatic N) is 2. The monoisotopic (exact) mass is 287 g/mol. The van der Waals surface area contributed by atoms with Crippen LogP contribution in [0.4, 0.5) is 20.2 Å². The van der Waals surface area contributed by atoms with E-state index in [9.17, 15) is 18.9 Å². The number of hydrogen-bond donors (Lipinski definition) is 1. The molecule has 0 heterocycles. The molecule has 1 rings (SSSR count). The molecule has 5 nitrogen and oxygen atoms in total. The predicted molar refractivity (Wildman–Crippen MR) is 74.2 cm³/mol. The van der Waals surface area contributed by atoms with Crippen LogP contribution in [0.1, 0.15) is 18.9 Å². The smallest absolute Gasteiger partial charge is 0.269 e. The van der Waals surface area contributed by atoms with Crippen LogP contribution in [-0.4, -0.2) is 36.4 Å². The van der Waals surface area contributed by atoms with Crippen molar-refractivity contribution in [2.24, 2.45) is 0 Å². The molecule has 0 saturated heterocycles. The van der Waals surface area contributed by atoms with Crippen LogP contribution in [-0.2, 0) is 6.54 Å². The summed E-state index contributed by atoms with van der Waals surface area (Å²) in [7, 11) is 1.56. The summed E-state index contributed by atoms with van der Waals surface area (Å²) in [4.78, 5) is 11.8. The fourth-order valence-corrected chi connectivity index (χ4v) is 1.85. The maximum atomic E-state index is 12.3. The van der Waals surface area contributed by atoms with E-state index in [0.717, 1.165) is 18.7 Å². The minimum absolute atomic E-state index is 0.0347. The molecule has 0 bridgehead atoms. The zero-order valence-electron chi connectivity index (χ0n) is 11.6. The summed E-state index contributed by atoms with van der Waals surface area (Å²) in [5.74, 6) is 0. The zero-order valence-corrected chi connectivity index (χ0v) is 11.6. The summed E-state index contributed by atoms with van der Waals surface area (Å²) in [5.41, 5.74) is 1.36. The summed E-state index contributed by atoms with van der Waals surface area (Å²) in [6, 6.07) is 4.47. The van der Waals surface area contributed by atoms with Crippen LogP contribution >= 0.6 is 0 Å². The first-order chi connectivity index (χ1) is 9.43. The van der Waals surface area contributed by atoms with E-state index < -0.39 is 11.3 Å². The van der Waals surface area contributed by atoms with Crippen LogP contribution in [0.15, 0.2) is 18.2 Å². The number of hydrogen-bond acceptors (Lipinski definition) is 4. The van der Waals surface area contributed by atoms with Gasteiger partial charge in [-0.1, -0.05) is 6.92 Å². The summed E-state index contributed by atoms with van der Waals surface area (Å²) in [5, 5.41) is 13.9. The second-order valence-electron chi connectivity index (χ2n) is 4.61. The topological polar surface area (TPSA) is 58.4 Å². The normalized spacial score (nSPS) is 11.1. The van der Waals surface area contributed by atoms with E-state index in [-0.39, 0.29) is 18.8 Å². The third-order valence-electron chi connectivity index (χ3n) is 2.76. The lowest BCUT2D eigenvalue weighted by atomic mass is 10.1. The molecule has 1 aromatic carbocycles. The Hall–Kier alpha value is -1.76. The maximum absolute atomic E-state index is 12.3. The highest BCUT2D eigenvalue weighted by Gasteiger charge is 2.14. The lowest BCUT2D eigenvalue weighted by molar-refractivity contribution is -0.384. The lowest BCUT2D eigenvalue weighted by Crippen LogP contribution is -2.24. The average molecular weight is 287 g/mol. The third kappa shape index (κ3) is 5.08. The van der Waals surface area contributed by atoms with E-state index in [0.29, 0.717) is 5.56 Å². The quantitative estimate of drug-likeness (QED) is 0.589. The Labute approximate surface area is 116 Å². The Morgan fingerprint density at radius 3 is 2.70 bits per heavy atom. The van der Waals surface area contributed by atoms with Gasteiger partial charge in [-0.3, -0.25) is 15.0 Å². The standard InChI is InChI=1S/C13H19F2N3O2/c1-3-6-16-12-5-4-11(18(19)20)7-10(12)8-17(2)9-13(14)15/h4-5,7,13,16H,3,6,8-9H2,1-2H3. The molecule has 7 heteroatoms. The van der Waals surface area contributed by atoms with Gasteiger partial charge in [-0.2, -0.15) is 0 Å². The highest BCUT2D eigenvalue weighted by Crippen LogP contribution is 2.23. The Kier molecular flexibility index (Phi) is 6.30. The first kappa shape index (κ1) is 16.3. The molecule has 0 fully saturated rings. The Bertz CT molecular complexity index is 455. The second kappa shape index (κ2) is 7.74. The molecule has 0 aliphatic rings. The number of rotatable bonds is 8.